The fourth-order valence-corrected chi connectivity index (χ4v) is 6.82. The van der Waals surface area contributed by atoms with Crippen LogP contribution in [0, 0.1) is 22.7 Å². The van der Waals surface area contributed by atoms with E-state index in [2.05, 4.69) is 52.8 Å². The van der Waals surface area contributed by atoms with E-state index in [-0.39, 0.29) is 23.4 Å². The fourth-order valence-electron chi connectivity index (χ4n) is 6.82. The molecule has 0 aromatic carbocycles. The normalized spacial score (nSPS) is 33.2. The van der Waals surface area contributed by atoms with Gasteiger partial charge < -0.3 is 10.2 Å². The van der Waals surface area contributed by atoms with E-state index in [1.165, 1.54) is 11.1 Å². The van der Waals surface area contributed by atoms with Crippen LogP contribution in [0.4, 0.5) is 0 Å². The molecule has 2 N–H and O–H groups in total. The van der Waals surface area contributed by atoms with Crippen LogP contribution >= 0.6 is 0 Å². The van der Waals surface area contributed by atoms with Crippen molar-refractivity contribution in [2.24, 2.45) is 22.7 Å². The molecular weight excluding hydrogens is 408 g/mol. The summed E-state index contributed by atoms with van der Waals surface area (Å²) in [5.41, 5.74) is 2.99. The second-order valence-corrected chi connectivity index (χ2v) is 12.1. The Morgan fingerprint density at radius 3 is 2.03 bits per heavy atom. The highest BCUT2D eigenvalue weighted by molar-refractivity contribution is 5.85. The molecule has 2 saturated carbocycles. The molecule has 4 unspecified atom stereocenters. The SMILES string of the molecule is CC(=CCCC(C)=CCCC(C)=CCCC1C(C)(O)CCC2C(C)(C)C(=O)CCC12C)CO. The van der Waals surface area contributed by atoms with E-state index in [0.717, 1.165) is 63.4 Å². The average Bonchev–Trinajstić information content (AvgIpc) is 2.72. The van der Waals surface area contributed by atoms with Gasteiger partial charge in [-0.05, 0) is 103 Å². The zero-order valence-electron chi connectivity index (χ0n) is 22.5. The quantitative estimate of drug-likeness (QED) is 0.337. The smallest absolute Gasteiger partial charge is 0.138 e. The van der Waals surface area contributed by atoms with E-state index in [1.54, 1.807) is 0 Å². The van der Waals surface area contributed by atoms with E-state index < -0.39 is 5.60 Å². The summed E-state index contributed by atoms with van der Waals surface area (Å²) >= 11 is 0. The number of aliphatic hydroxyl groups excluding tert-OH is 1. The second-order valence-electron chi connectivity index (χ2n) is 12.1. The standard InChI is InChI=1S/C30H50O3/c1-22(13-9-15-24(3)21-31)11-8-12-23(2)14-10-16-26-29(6)19-18-27(32)28(4,5)25(29)17-20-30(26,7)33/h11,14-15,25-26,31,33H,8-10,12-13,16-21H2,1-7H3. The molecule has 2 fully saturated rings. The largest absolute Gasteiger partial charge is 0.392 e. The number of allylic oxidation sites excluding steroid dienone is 5. The molecule has 0 aromatic rings. The van der Waals surface area contributed by atoms with Crippen molar-refractivity contribution in [3.05, 3.63) is 34.9 Å². The Morgan fingerprint density at radius 1 is 0.909 bits per heavy atom. The Hall–Kier alpha value is -1.19. The van der Waals surface area contributed by atoms with E-state index >= 15 is 0 Å². The van der Waals surface area contributed by atoms with Gasteiger partial charge in [-0.1, -0.05) is 55.7 Å². The average molecular weight is 459 g/mol. The number of rotatable bonds is 10. The number of carbonyl (C=O) groups is 1. The van der Waals surface area contributed by atoms with Crippen molar-refractivity contribution >= 4 is 5.78 Å². The van der Waals surface area contributed by atoms with Gasteiger partial charge in [0.15, 0.2) is 0 Å². The molecule has 0 amide bonds. The number of ketones is 1. The summed E-state index contributed by atoms with van der Waals surface area (Å²) in [7, 11) is 0. The van der Waals surface area contributed by atoms with Crippen molar-refractivity contribution < 1.29 is 15.0 Å². The van der Waals surface area contributed by atoms with Gasteiger partial charge in [-0.25, -0.2) is 0 Å². The summed E-state index contributed by atoms with van der Waals surface area (Å²) in [5.74, 6) is 1.01. The minimum atomic E-state index is -0.647. The van der Waals surface area contributed by atoms with Crippen LogP contribution in [0.1, 0.15) is 113 Å². The summed E-state index contributed by atoms with van der Waals surface area (Å²) in [6, 6.07) is 0. The lowest BCUT2D eigenvalue weighted by Gasteiger charge is -2.60. The summed E-state index contributed by atoms with van der Waals surface area (Å²) in [6.07, 6.45) is 16.3. The highest BCUT2D eigenvalue weighted by atomic mass is 16.3. The summed E-state index contributed by atoms with van der Waals surface area (Å²) in [6.45, 7) is 15.2. The summed E-state index contributed by atoms with van der Waals surface area (Å²) < 4.78 is 0. The number of hydrogen-bond donors (Lipinski definition) is 2. The van der Waals surface area contributed by atoms with Gasteiger partial charge in [0.1, 0.15) is 5.78 Å². The fraction of sp³-hybridized carbons (Fsp3) is 0.767. The molecule has 33 heavy (non-hydrogen) atoms. The van der Waals surface area contributed by atoms with Crippen LogP contribution in [0.25, 0.3) is 0 Å². The van der Waals surface area contributed by atoms with Gasteiger partial charge in [-0.15, -0.1) is 0 Å². The van der Waals surface area contributed by atoms with Gasteiger partial charge in [-0.2, -0.15) is 0 Å². The first-order valence-corrected chi connectivity index (χ1v) is 13.2. The molecular formula is C30H50O3. The minimum Gasteiger partial charge on any atom is -0.392 e. The van der Waals surface area contributed by atoms with E-state index in [9.17, 15) is 9.90 Å². The molecule has 0 aliphatic heterocycles. The molecule has 4 atom stereocenters. The van der Waals surface area contributed by atoms with Crippen LogP contribution in [0.3, 0.4) is 0 Å². The Kier molecular flexibility index (Phi) is 9.77. The first kappa shape index (κ1) is 28.1. The Morgan fingerprint density at radius 2 is 1.45 bits per heavy atom. The van der Waals surface area contributed by atoms with E-state index in [4.69, 9.17) is 5.11 Å². The number of aliphatic hydroxyl groups is 2. The topological polar surface area (TPSA) is 57.5 Å². The summed E-state index contributed by atoms with van der Waals surface area (Å²) in [4.78, 5) is 12.6. The van der Waals surface area contributed by atoms with Gasteiger partial charge in [0, 0.05) is 11.8 Å². The summed E-state index contributed by atoms with van der Waals surface area (Å²) in [5, 5.41) is 20.4. The number of hydrogen-bond acceptors (Lipinski definition) is 3. The molecule has 3 nitrogen and oxygen atoms in total. The van der Waals surface area contributed by atoms with Gasteiger partial charge in [-0.3, -0.25) is 4.79 Å². The van der Waals surface area contributed by atoms with Crippen molar-refractivity contribution in [3.8, 4) is 0 Å². The Balaban J connectivity index is 1.93. The van der Waals surface area contributed by atoms with Crippen molar-refractivity contribution in [1.29, 1.82) is 0 Å². The van der Waals surface area contributed by atoms with Crippen LogP contribution in [0.2, 0.25) is 0 Å². The highest BCUT2D eigenvalue weighted by Gasteiger charge is 2.59. The zero-order chi connectivity index (χ0) is 24.9. The molecule has 188 valence electrons. The van der Waals surface area contributed by atoms with Crippen LogP contribution in [0.15, 0.2) is 34.9 Å². The van der Waals surface area contributed by atoms with Gasteiger partial charge >= 0.3 is 0 Å². The maximum atomic E-state index is 12.6. The van der Waals surface area contributed by atoms with Crippen LogP contribution in [0.5, 0.6) is 0 Å². The van der Waals surface area contributed by atoms with Crippen molar-refractivity contribution in [2.75, 3.05) is 6.61 Å². The third-order valence-corrected chi connectivity index (χ3v) is 9.02. The van der Waals surface area contributed by atoms with E-state index in [1.807, 2.05) is 13.8 Å². The van der Waals surface area contributed by atoms with Crippen molar-refractivity contribution in [1.82, 2.24) is 0 Å². The van der Waals surface area contributed by atoms with Gasteiger partial charge in [0.25, 0.3) is 0 Å². The Bertz CT molecular complexity index is 767. The predicted molar refractivity (Wildman–Crippen MR) is 139 cm³/mol. The third-order valence-electron chi connectivity index (χ3n) is 9.02. The third kappa shape index (κ3) is 6.92. The Labute approximate surface area is 203 Å². The zero-order valence-corrected chi connectivity index (χ0v) is 22.5. The number of fused-ring (bicyclic) bond motifs is 1. The molecule has 0 spiro atoms. The highest BCUT2D eigenvalue weighted by Crippen LogP contribution is 2.62. The van der Waals surface area contributed by atoms with Gasteiger partial charge in [0.2, 0.25) is 0 Å². The first-order valence-electron chi connectivity index (χ1n) is 13.2. The maximum Gasteiger partial charge on any atom is 0.138 e. The predicted octanol–water partition coefficient (Wildman–Crippen LogP) is 7.33. The van der Waals surface area contributed by atoms with Crippen molar-refractivity contribution in [2.45, 2.75) is 118 Å². The maximum absolute atomic E-state index is 12.6. The lowest BCUT2D eigenvalue weighted by atomic mass is 9.45. The second kappa shape index (κ2) is 11.5. The van der Waals surface area contributed by atoms with Crippen LogP contribution in [-0.2, 0) is 4.79 Å². The molecule has 2 aliphatic rings. The molecule has 0 bridgehead atoms. The molecule has 2 rings (SSSR count). The number of Topliss-reactive ketones (excluding diaryl/α,β-unsaturated/α-hetero) is 1. The lowest BCUT2D eigenvalue weighted by molar-refractivity contribution is -0.177. The molecule has 2 aliphatic carbocycles. The van der Waals surface area contributed by atoms with Crippen LogP contribution in [-0.4, -0.2) is 28.2 Å². The van der Waals surface area contributed by atoms with Gasteiger partial charge in [0.05, 0.1) is 12.2 Å². The molecule has 0 radical (unpaired) electrons. The molecule has 3 heteroatoms. The first-order chi connectivity index (χ1) is 15.3. The molecule has 0 heterocycles. The molecule has 0 aromatic heterocycles. The van der Waals surface area contributed by atoms with Crippen molar-refractivity contribution in [3.63, 3.8) is 0 Å². The van der Waals surface area contributed by atoms with Crippen LogP contribution < -0.4 is 0 Å². The lowest BCUT2D eigenvalue weighted by Crippen LogP contribution is -2.59. The molecule has 0 saturated heterocycles. The monoisotopic (exact) mass is 458 g/mol. The van der Waals surface area contributed by atoms with E-state index in [0.29, 0.717) is 18.1 Å². The minimum absolute atomic E-state index is 0.0313. The number of carbonyl (C=O) groups excluding carboxylic acids is 1.